The Balaban J connectivity index is 2.48. The van der Waals surface area contributed by atoms with Gasteiger partial charge in [-0.05, 0) is 55.1 Å². The van der Waals surface area contributed by atoms with Crippen LogP contribution in [0.25, 0.3) is 0 Å². The zero-order valence-corrected chi connectivity index (χ0v) is 12.7. The lowest BCUT2D eigenvalue weighted by molar-refractivity contribution is 0.0362. The van der Waals surface area contributed by atoms with Crippen molar-refractivity contribution in [3.05, 3.63) is 0 Å². The average Bonchev–Trinajstić information content (AvgIpc) is 2.39. The molecule has 0 spiro atoms. The van der Waals surface area contributed by atoms with Crippen LogP contribution in [0.4, 0.5) is 0 Å². The summed E-state index contributed by atoms with van der Waals surface area (Å²) in [7, 11) is 4.17. The second-order valence-corrected chi connectivity index (χ2v) is 7.09. The van der Waals surface area contributed by atoms with Crippen molar-refractivity contribution in [1.29, 1.82) is 0 Å². The lowest BCUT2D eigenvalue weighted by atomic mass is 9.96. The molecular weight excluding hydrogens is 212 g/mol. The van der Waals surface area contributed by atoms with Gasteiger partial charge in [-0.1, -0.05) is 0 Å². The van der Waals surface area contributed by atoms with Gasteiger partial charge in [0.15, 0.2) is 0 Å². The van der Waals surface area contributed by atoms with Crippen LogP contribution in [0.2, 0.25) is 0 Å². The Kier molecular flexibility index (Phi) is 4.61. The van der Waals surface area contributed by atoms with Gasteiger partial charge in [0.2, 0.25) is 0 Å². The van der Waals surface area contributed by atoms with E-state index in [2.05, 4.69) is 58.5 Å². The van der Waals surface area contributed by atoms with Crippen molar-refractivity contribution < 1.29 is 4.74 Å². The molecule has 1 atom stereocenters. The summed E-state index contributed by atoms with van der Waals surface area (Å²) >= 11 is 0. The molecular formula is C14H30N2O. The second-order valence-electron chi connectivity index (χ2n) is 7.09. The summed E-state index contributed by atoms with van der Waals surface area (Å²) in [6, 6.07) is 0. The van der Waals surface area contributed by atoms with E-state index in [0.29, 0.717) is 6.10 Å². The quantitative estimate of drug-likeness (QED) is 0.752. The molecule has 3 heteroatoms. The summed E-state index contributed by atoms with van der Waals surface area (Å²) in [5, 5.41) is 0. The summed E-state index contributed by atoms with van der Waals surface area (Å²) in [5.74, 6) is 0. The highest BCUT2D eigenvalue weighted by Gasteiger charge is 2.43. The molecule has 0 amide bonds. The third kappa shape index (κ3) is 4.23. The van der Waals surface area contributed by atoms with Gasteiger partial charge >= 0.3 is 0 Å². The van der Waals surface area contributed by atoms with E-state index in [9.17, 15) is 0 Å². The molecule has 0 saturated carbocycles. The molecule has 102 valence electrons. The van der Waals surface area contributed by atoms with E-state index in [4.69, 9.17) is 4.74 Å². The van der Waals surface area contributed by atoms with E-state index < -0.39 is 0 Å². The fourth-order valence-electron chi connectivity index (χ4n) is 2.88. The Bertz CT molecular complexity index is 243. The summed E-state index contributed by atoms with van der Waals surface area (Å²) in [6.45, 7) is 14.4. The highest BCUT2D eigenvalue weighted by Crippen LogP contribution is 2.35. The Hall–Kier alpha value is -0.120. The molecule has 1 fully saturated rings. The number of rotatable bonds is 4. The molecule has 0 bridgehead atoms. The fourth-order valence-corrected chi connectivity index (χ4v) is 2.88. The number of ether oxygens (including phenoxy) is 1. The first kappa shape index (κ1) is 14.9. The lowest BCUT2D eigenvalue weighted by Crippen LogP contribution is -2.50. The minimum Gasteiger partial charge on any atom is -0.375 e. The van der Waals surface area contributed by atoms with Crippen LogP contribution in [0.1, 0.15) is 41.0 Å². The van der Waals surface area contributed by atoms with Crippen molar-refractivity contribution in [3.63, 3.8) is 0 Å². The van der Waals surface area contributed by atoms with Crippen LogP contribution in [0.5, 0.6) is 0 Å². The predicted molar refractivity (Wildman–Crippen MR) is 73.4 cm³/mol. The number of hydrogen-bond acceptors (Lipinski definition) is 3. The van der Waals surface area contributed by atoms with Gasteiger partial charge < -0.3 is 9.64 Å². The highest BCUT2D eigenvalue weighted by atomic mass is 16.5. The molecule has 1 aliphatic heterocycles. The van der Waals surface area contributed by atoms with Crippen LogP contribution in [0, 0.1) is 0 Å². The maximum absolute atomic E-state index is 5.99. The summed E-state index contributed by atoms with van der Waals surface area (Å²) < 4.78 is 5.99. The van der Waals surface area contributed by atoms with Crippen LogP contribution in [-0.4, -0.2) is 60.8 Å². The topological polar surface area (TPSA) is 15.7 Å². The Morgan fingerprint density at radius 2 is 1.88 bits per heavy atom. The molecule has 0 aromatic heterocycles. The third-order valence-electron chi connectivity index (χ3n) is 3.55. The van der Waals surface area contributed by atoms with Crippen molar-refractivity contribution in [2.45, 2.75) is 58.2 Å². The van der Waals surface area contributed by atoms with E-state index >= 15 is 0 Å². The molecule has 0 N–H and O–H groups in total. The molecule has 0 radical (unpaired) electrons. The van der Waals surface area contributed by atoms with Gasteiger partial charge in [-0.3, -0.25) is 4.90 Å². The van der Waals surface area contributed by atoms with Gasteiger partial charge in [-0.2, -0.15) is 0 Å². The molecule has 0 aromatic rings. The normalized spacial score (nSPS) is 25.8. The van der Waals surface area contributed by atoms with Crippen molar-refractivity contribution >= 4 is 0 Å². The van der Waals surface area contributed by atoms with Crippen molar-refractivity contribution in [2.24, 2.45) is 0 Å². The van der Waals surface area contributed by atoms with Gasteiger partial charge in [-0.25, -0.2) is 0 Å². The smallest absolute Gasteiger partial charge is 0.0720 e. The molecule has 1 saturated heterocycles. The summed E-state index contributed by atoms with van der Waals surface area (Å²) in [4.78, 5) is 4.74. The Morgan fingerprint density at radius 1 is 1.29 bits per heavy atom. The van der Waals surface area contributed by atoms with E-state index in [1.165, 1.54) is 0 Å². The summed E-state index contributed by atoms with van der Waals surface area (Å²) in [5.41, 5.74) is 0.476. The average molecular weight is 242 g/mol. The van der Waals surface area contributed by atoms with Gasteiger partial charge in [0.1, 0.15) is 0 Å². The van der Waals surface area contributed by atoms with E-state index in [-0.39, 0.29) is 11.1 Å². The number of hydrogen-bond donors (Lipinski definition) is 0. The maximum atomic E-state index is 5.99. The molecule has 0 aliphatic carbocycles. The third-order valence-corrected chi connectivity index (χ3v) is 3.55. The Morgan fingerprint density at radius 3 is 2.29 bits per heavy atom. The van der Waals surface area contributed by atoms with Gasteiger partial charge in [-0.15, -0.1) is 0 Å². The van der Waals surface area contributed by atoms with Crippen LogP contribution < -0.4 is 0 Å². The lowest BCUT2D eigenvalue weighted by Gasteiger charge is -2.41. The maximum Gasteiger partial charge on any atom is 0.0720 e. The minimum absolute atomic E-state index is 0.225. The van der Waals surface area contributed by atoms with Crippen LogP contribution in [0.15, 0.2) is 0 Å². The van der Waals surface area contributed by atoms with Gasteiger partial charge in [0, 0.05) is 24.2 Å². The van der Waals surface area contributed by atoms with Crippen molar-refractivity contribution in [2.75, 3.05) is 33.8 Å². The van der Waals surface area contributed by atoms with Crippen LogP contribution >= 0.6 is 0 Å². The van der Waals surface area contributed by atoms with E-state index in [1.54, 1.807) is 0 Å². The molecule has 1 rings (SSSR count). The van der Waals surface area contributed by atoms with Crippen molar-refractivity contribution in [3.8, 4) is 0 Å². The predicted octanol–water partition coefficient (Wildman–Crippen LogP) is 2.22. The zero-order chi connectivity index (χ0) is 13.3. The molecule has 1 aliphatic rings. The van der Waals surface area contributed by atoms with Crippen LogP contribution in [-0.2, 0) is 4.74 Å². The molecule has 3 nitrogen and oxygen atoms in total. The van der Waals surface area contributed by atoms with Crippen molar-refractivity contribution in [1.82, 2.24) is 9.80 Å². The monoisotopic (exact) mass is 242 g/mol. The second kappa shape index (κ2) is 5.25. The van der Waals surface area contributed by atoms with Gasteiger partial charge in [0.05, 0.1) is 12.7 Å². The Labute approximate surface area is 107 Å². The minimum atomic E-state index is 0.225. The largest absolute Gasteiger partial charge is 0.375 e. The molecule has 0 aromatic carbocycles. The van der Waals surface area contributed by atoms with E-state index in [1.807, 2.05) is 0 Å². The van der Waals surface area contributed by atoms with Gasteiger partial charge in [0.25, 0.3) is 0 Å². The van der Waals surface area contributed by atoms with E-state index in [0.717, 1.165) is 26.1 Å². The first-order chi connectivity index (χ1) is 7.63. The first-order valence-corrected chi connectivity index (χ1v) is 6.67. The molecule has 1 heterocycles. The summed E-state index contributed by atoms with van der Waals surface area (Å²) in [6.07, 6.45) is 1.53. The zero-order valence-electron chi connectivity index (χ0n) is 12.7. The first-order valence-electron chi connectivity index (χ1n) is 6.67. The number of likely N-dealkylation sites (tertiary alicyclic amines) is 1. The van der Waals surface area contributed by atoms with Crippen LogP contribution in [0.3, 0.4) is 0 Å². The SMILES string of the molecule is CN(C)CCO[C@H]1CN(C(C)(C)C)C(C)(C)C1. The fraction of sp³-hybridized carbons (Fsp3) is 1.00. The number of likely N-dealkylation sites (N-methyl/N-ethyl adjacent to an activating group) is 1. The molecule has 0 unspecified atom stereocenters. The standard InChI is InChI=1S/C14H30N2O/c1-13(2,3)16-11-12(10-14(16,4)5)17-9-8-15(6)7/h12H,8-11H2,1-7H3/t12-/m1/s1. The number of nitrogens with zero attached hydrogens (tertiary/aromatic N) is 2. The molecule has 17 heavy (non-hydrogen) atoms. The highest BCUT2D eigenvalue weighted by molar-refractivity contribution is 4.99.